The molecule has 38 heavy (non-hydrogen) atoms. The zero-order valence-corrected chi connectivity index (χ0v) is 23.7. The summed E-state index contributed by atoms with van der Waals surface area (Å²) in [6.45, 7) is 14.3. The van der Waals surface area contributed by atoms with Gasteiger partial charge in [0.05, 0.1) is 19.2 Å². The highest BCUT2D eigenvalue weighted by atomic mass is 16.5. The summed E-state index contributed by atoms with van der Waals surface area (Å²) < 4.78 is 8.05. The van der Waals surface area contributed by atoms with Crippen molar-refractivity contribution in [3.05, 3.63) is 41.6 Å². The lowest BCUT2D eigenvalue weighted by Gasteiger charge is -2.54. The van der Waals surface area contributed by atoms with Gasteiger partial charge in [-0.3, -0.25) is 4.90 Å². The molecule has 2 aromatic heterocycles. The fraction of sp³-hybridized carbons (Fsp3) is 0.600. The van der Waals surface area contributed by atoms with Gasteiger partial charge < -0.3 is 25.3 Å². The van der Waals surface area contributed by atoms with Crippen molar-refractivity contribution in [2.45, 2.75) is 72.0 Å². The Bertz CT molecular complexity index is 1220. The number of piperidine rings is 1. The number of nitrogen functional groups attached to an aromatic ring is 1. The third kappa shape index (κ3) is 5.76. The van der Waals surface area contributed by atoms with Gasteiger partial charge in [-0.1, -0.05) is 31.9 Å². The summed E-state index contributed by atoms with van der Waals surface area (Å²) >= 11 is 0. The van der Waals surface area contributed by atoms with E-state index in [9.17, 15) is 0 Å². The molecule has 8 heteroatoms. The maximum Gasteiger partial charge on any atom is 0.222 e. The van der Waals surface area contributed by atoms with Gasteiger partial charge in [-0.2, -0.15) is 4.98 Å². The first-order chi connectivity index (χ1) is 18.4. The molecule has 0 aliphatic carbocycles. The molecule has 0 atom stereocenters. The maximum absolute atomic E-state index is 6.00. The number of likely N-dealkylation sites (tertiary alicyclic amines) is 2. The Kier molecular flexibility index (Phi) is 8.09. The van der Waals surface area contributed by atoms with Crippen molar-refractivity contribution in [1.82, 2.24) is 24.3 Å². The van der Waals surface area contributed by atoms with Gasteiger partial charge in [0.25, 0.3) is 0 Å². The molecule has 3 aromatic rings. The van der Waals surface area contributed by atoms with Crippen LogP contribution in [0.5, 0.6) is 5.75 Å². The Hall–Kier alpha value is -2.84. The van der Waals surface area contributed by atoms with Gasteiger partial charge in [-0.15, -0.1) is 0 Å². The number of hydrogen-bond acceptors (Lipinski definition) is 7. The summed E-state index contributed by atoms with van der Waals surface area (Å²) in [7, 11) is 1.77. The second-order valence-electron chi connectivity index (χ2n) is 11.7. The standard InChI is InChI=1S/C30H45N7O/c1-5-6-7-13-32-28-27-25(33-29(31)34-28)10-14-37(27)19-24-9-8-23(17-26(24)38-4)18-35-20-30(21-35)11-15-36(16-12-30)22(2)3/h8-10,14,17,22H,5-7,11-13,15-16,18-21H2,1-4H3,(H3,31,32,33,34). The Labute approximate surface area is 227 Å². The van der Waals surface area contributed by atoms with Crippen LogP contribution in [-0.4, -0.2) is 70.2 Å². The first kappa shape index (κ1) is 26.8. The highest BCUT2D eigenvalue weighted by Gasteiger charge is 2.44. The Balaban J connectivity index is 1.25. The predicted molar refractivity (Wildman–Crippen MR) is 156 cm³/mol. The van der Waals surface area contributed by atoms with Crippen LogP contribution in [0.15, 0.2) is 30.5 Å². The van der Waals surface area contributed by atoms with Crippen LogP contribution in [-0.2, 0) is 13.1 Å². The van der Waals surface area contributed by atoms with E-state index in [1.807, 2.05) is 6.07 Å². The molecule has 1 aromatic carbocycles. The maximum atomic E-state index is 6.00. The number of benzene rings is 1. The summed E-state index contributed by atoms with van der Waals surface area (Å²) in [5.74, 6) is 2.03. The van der Waals surface area contributed by atoms with Crippen LogP contribution in [0.2, 0.25) is 0 Å². The SMILES string of the molecule is CCCCCNc1nc(N)nc2ccn(Cc3ccc(CN4CC5(CCN(C(C)C)CC5)C4)cc3OC)c12. The van der Waals surface area contributed by atoms with Crippen molar-refractivity contribution in [1.29, 1.82) is 0 Å². The third-order valence-corrected chi connectivity index (χ3v) is 8.51. The van der Waals surface area contributed by atoms with Crippen molar-refractivity contribution in [3.63, 3.8) is 0 Å². The van der Waals surface area contributed by atoms with E-state index in [0.29, 0.717) is 23.9 Å². The molecule has 4 heterocycles. The number of nitrogens with two attached hydrogens (primary N) is 1. The lowest BCUT2D eigenvalue weighted by Crippen LogP contribution is -2.60. The number of fused-ring (bicyclic) bond motifs is 1. The van der Waals surface area contributed by atoms with E-state index in [4.69, 9.17) is 10.5 Å². The van der Waals surface area contributed by atoms with Gasteiger partial charge in [0.2, 0.25) is 5.95 Å². The minimum atomic E-state index is 0.299. The van der Waals surface area contributed by atoms with Crippen molar-refractivity contribution in [3.8, 4) is 5.75 Å². The number of ether oxygens (including phenoxy) is 1. The van der Waals surface area contributed by atoms with Crippen molar-refractivity contribution < 1.29 is 4.74 Å². The summed E-state index contributed by atoms with van der Waals surface area (Å²) in [5.41, 5.74) is 10.8. The van der Waals surface area contributed by atoms with Crippen molar-refractivity contribution in [2.24, 2.45) is 5.41 Å². The number of aromatic nitrogens is 3. The van der Waals surface area contributed by atoms with E-state index in [2.05, 4.69) is 74.8 Å². The Morgan fingerprint density at radius 2 is 1.87 bits per heavy atom. The summed E-state index contributed by atoms with van der Waals surface area (Å²) in [6, 6.07) is 9.36. The molecule has 2 saturated heterocycles. The topological polar surface area (TPSA) is 84.5 Å². The van der Waals surface area contributed by atoms with Crippen LogP contribution in [0.4, 0.5) is 11.8 Å². The van der Waals surface area contributed by atoms with E-state index in [-0.39, 0.29) is 0 Å². The number of nitrogens with zero attached hydrogens (tertiary/aromatic N) is 5. The van der Waals surface area contributed by atoms with Crippen LogP contribution >= 0.6 is 0 Å². The van der Waals surface area contributed by atoms with Gasteiger partial charge in [-0.05, 0) is 69.3 Å². The van der Waals surface area contributed by atoms with Gasteiger partial charge in [-0.25, -0.2) is 4.98 Å². The van der Waals surface area contributed by atoms with E-state index in [1.165, 1.54) is 57.4 Å². The van der Waals surface area contributed by atoms with Gasteiger partial charge in [0.1, 0.15) is 11.3 Å². The summed E-state index contributed by atoms with van der Waals surface area (Å²) in [4.78, 5) is 14.2. The minimum Gasteiger partial charge on any atom is -0.496 e. The molecule has 8 nitrogen and oxygen atoms in total. The van der Waals surface area contributed by atoms with E-state index in [1.54, 1.807) is 7.11 Å². The fourth-order valence-corrected chi connectivity index (χ4v) is 6.27. The van der Waals surface area contributed by atoms with Crippen molar-refractivity contribution in [2.75, 3.05) is 50.9 Å². The van der Waals surface area contributed by atoms with Crippen LogP contribution in [0, 0.1) is 5.41 Å². The molecular formula is C30H45N7O. The third-order valence-electron chi connectivity index (χ3n) is 8.51. The lowest BCUT2D eigenvalue weighted by molar-refractivity contribution is -0.0557. The van der Waals surface area contributed by atoms with Crippen LogP contribution in [0.1, 0.15) is 64.0 Å². The number of rotatable bonds is 11. The molecule has 0 unspecified atom stereocenters. The zero-order valence-electron chi connectivity index (χ0n) is 23.7. The predicted octanol–water partition coefficient (Wildman–Crippen LogP) is 4.98. The second kappa shape index (κ2) is 11.5. The van der Waals surface area contributed by atoms with Gasteiger partial charge >= 0.3 is 0 Å². The molecule has 0 bridgehead atoms. The van der Waals surface area contributed by atoms with Crippen molar-refractivity contribution >= 4 is 22.8 Å². The first-order valence-corrected chi connectivity index (χ1v) is 14.4. The molecule has 5 rings (SSSR count). The quantitative estimate of drug-likeness (QED) is 0.346. The summed E-state index contributed by atoms with van der Waals surface area (Å²) in [5, 5.41) is 3.49. The smallest absolute Gasteiger partial charge is 0.222 e. The highest BCUT2D eigenvalue weighted by molar-refractivity contribution is 5.87. The number of methoxy groups -OCH3 is 1. The first-order valence-electron chi connectivity index (χ1n) is 14.4. The largest absolute Gasteiger partial charge is 0.496 e. The average molecular weight is 520 g/mol. The lowest BCUT2D eigenvalue weighted by atomic mass is 9.71. The van der Waals surface area contributed by atoms with Crippen LogP contribution in [0.3, 0.4) is 0 Å². The number of nitrogens with one attached hydrogen (secondary N) is 1. The molecule has 3 N–H and O–H groups in total. The van der Waals surface area contributed by atoms with Crippen LogP contribution < -0.4 is 15.8 Å². The minimum absolute atomic E-state index is 0.299. The van der Waals surface area contributed by atoms with E-state index >= 15 is 0 Å². The molecule has 2 fully saturated rings. The molecule has 2 aliphatic rings. The number of anilines is 2. The van der Waals surface area contributed by atoms with E-state index < -0.39 is 0 Å². The average Bonchev–Trinajstić information content (AvgIpc) is 3.29. The van der Waals surface area contributed by atoms with Crippen LogP contribution in [0.25, 0.3) is 11.0 Å². The fourth-order valence-electron chi connectivity index (χ4n) is 6.27. The normalized spacial score (nSPS) is 17.8. The number of hydrogen-bond donors (Lipinski definition) is 2. The Morgan fingerprint density at radius 3 is 2.58 bits per heavy atom. The highest BCUT2D eigenvalue weighted by Crippen LogP contribution is 2.41. The van der Waals surface area contributed by atoms with Gasteiger partial charge in [0.15, 0.2) is 5.82 Å². The summed E-state index contributed by atoms with van der Waals surface area (Å²) in [6.07, 6.45) is 8.21. The molecule has 0 saturated carbocycles. The molecule has 1 spiro atoms. The molecule has 2 aliphatic heterocycles. The Morgan fingerprint density at radius 1 is 1.08 bits per heavy atom. The second-order valence-corrected chi connectivity index (χ2v) is 11.7. The molecule has 0 amide bonds. The monoisotopic (exact) mass is 519 g/mol. The number of unbranched alkanes of at least 4 members (excludes halogenated alkanes) is 2. The van der Waals surface area contributed by atoms with Gasteiger partial charge in [0, 0.05) is 44.0 Å². The molecule has 206 valence electrons. The zero-order chi connectivity index (χ0) is 26.7. The molecule has 0 radical (unpaired) electrons. The molecular weight excluding hydrogens is 474 g/mol. The van der Waals surface area contributed by atoms with E-state index in [0.717, 1.165) is 47.7 Å².